The van der Waals surface area contributed by atoms with E-state index in [9.17, 15) is 14.3 Å². The summed E-state index contributed by atoms with van der Waals surface area (Å²) < 4.78 is 15.3. The SMILES string of the molecule is O=C(O)c1ccc(C=C(Cn2ccnc2)c2nccs2)cc1-c1ccc(F)cc1. The van der Waals surface area contributed by atoms with Crippen LogP contribution in [0, 0.1) is 5.82 Å². The molecule has 0 bridgehead atoms. The van der Waals surface area contributed by atoms with Crippen LogP contribution in [-0.4, -0.2) is 25.6 Å². The summed E-state index contributed by atoms with van der Waals surface area (Å²) in [6.45, 7) is 0.583. The highest BCUT2D eigenvalue weighted by Crippen LogP contribution is 2.28. The van der Waals surface area contributed by atoms with Crippen LogP contribution in [0.25, 0.3) is 22.8 Å². The summed E-state index contributed by atoms with van der Waals surface area (Å²) in [4.78, 5) is 20.2. The molecule has 2 aromatic carbocycles. The van der Waals surface area contributed by atoms with Crippen molar-refractivity contribution < 1.29 is 14.3 Å². The average Bonchev–Trinajstić information content (AvgIpc) is 3.42. The van der Waals surface area contributed by atoms with Crippen LogP contribution in [0.4, 0.5) is 4.39 Å². The number of thiazole rings is 1. The van der Waals surface area contributed by atoms with Crippen LogP contribution >= 0.6 is 11.3 Å². The number of carbonyl (C=O) groups is 1. The molecule has 2 aromatic heterocycles. The Bertz CT molecular complexity index is 1150. The number of imidazole rings is 1. The lowest BCUT2D eigenvalue weighted by Crippen LogP contribution is -2.01. The van der Waals surface area contributed by atoms with Gasteiger partial charge < -0.3 is 9.67 Å². The van der Waals surface area contributed by atoms with Gasteiger partial charge in [-0.2, -0.15) is 0 Å². The summed E-state index contributed by atoms with van der Waals surface area (Å²) in [6.07, 6.45) is 9.06. The van der Waals surface area contributed by atoms with Crippen molar-refractivity contribution in [3.63, 3.8) is 0 Å². The number of nitrogens with zero attached hydrogens (tertiary/aromatic N) is 3. The highest BCUT2D eigenvalue weighted by Gasteiger charge is 2.13. The number of allylic oxidation sites excluding steroid dienone is 1. The number of carboxylic acid groups (broad SMARTS) is 1. The van der Waals surface area contributed by atoms with Gasteiger partial charge in [0.15, 0.2) is 0 Å². The third kappa shape index (κ3) is 4.30. The van der Waals surface area contributed by atoms with Gasteiger partial charge >= 0.3 is 5.97 Å². The molecule has 144 valence electrons. The second kappa shape index (κ2) is 8.20. The zero-order valence-corrected chi connectivity index (χ0v) is 16.0. The molecular formula is C22H16FN3O2S. The topological polar surface area (TPSA) is 68.0 Å². The van der Waals surface area contributed by atoms with E-state index in [0.717, 1.165) is 16.1 Å². The smallest absolute Gasteiger partial charge is 0.336 e. The molecule has 0 atom stereocenters. The third-order valence-corrected chi connectivity index (χ3v) is 5.24. The Morgan fingerprint density at radius 2 is 2.00 bits per heavy atom. The minimum atomic E-state index is -1.03. The highest BCUT2D eigenvalue weighted by atomic mass is 32.1. The van der Waals surface area contributed by atoms with Gasteiger partial charge in [-0.15, -0.1) is 11.3 Å². The molecule has 1 N–H and O–H groups in total. The van der Waals surface area contributed by atoms with Crippen molar-refractivity contribution in [1.29, 1.82) is 0 Å². The standard InChI is InChI=1S/C22H16FN3O2S/c23-18-4-2-16(3-5-18)20-12-15(1-6-19(20)22(27)28)11-17(21-25-8-10-29-21)13-26-9-7-24-14-26/h1-12,14H,13H2,(H,27,28). The van der Waals surface area contributed by atoms with Crippen molar-refractivity contribution in [3.05, 3.63) is 94.7 Å². The molecule has 5 nitrogen and oxygen atoms in total. The molecule has 0 amide bonds. The molecule has 4 rings (SSSR count). The van der Waals surface area contributed by atoms with Crippen molar-refractivity contribution in [2.45, 2.75) is 6.54 Å². The number of halogens is 1. The van der Waals surface area contributed by atoms with E-state index in [1.54, 1.807) is 49.1 Å². The Hall–Kier alpha value is -3.58. The number of hydrogen-bond acceptors (Lipinski definition) is 4. The van der Waals surface area contributed by atoms with Crippen LogP contribution in [0.5, 0.6) is 0 Å². The van der Waals surface area contributed by atoms with E-state index in [2.05, 4.69) is 9.97 Å². The number of aromatic nitrogens is 3. The number of carboxylic acids is 1. The summed E-state index contributed by atoms with van der Waals surface area (Å²) in [5.74, 6) is -1.40. The highest BCUT2D eigenvalue weighted by molar-refractivity contribution is 7.10. The van der Waals surface area contributed by atoms with Gasteiger partial charge in [-0.1, -0.05) is 18.2 Å². The Kier molecular flexibility index (Phi) is 5.31. The fraction of sp³-hybridized carbons (Fsp3) is 0.0455. The Labute approximate surface area is 170 Å². The fourth-order valence-corrected chi connectivity index (χ4v) is 3.69. The maximum Gasteiger partial charge on any atom is 0.336 e. The Morgan fingerprint density at radius 1 is 1.17 bits per heavy atom. The van der Waals surface area contributed by atoms with Gasteiger partial charge in [-0.25, -0.2) is 19.2 Å². The van der Waals surface area contributed by atoms with Crippen molar-refractivity contribution in [1.82, 2.24) is 14.5 Å². The first kappa shape index (κ1) is 18.8. The molecule has 0 aliphatic heterocycles. The van der Waals surface area contributed by atoms with E-state index < -0.39 is 5.97 Å². The van der Waals surface area contributed by atoms with Gasteiger partial charge in [0.2, 0.25) is 0 Å². The normalized spacial score (nSPS) is 11.6. The number of aromatic carboxylic acids is 1. The Morgan fingerprint density at radius 3 is 2.66 bits per heavy atom. The van der Waals surface area contributed by atoms with Gasteiger partial charge in [0.1, 0.15) is 10.8 Å². The number of hydrogen-bond donors (Lipinski definition) is 1. The second-order valence-corrected chi connectivity index (χ2v) is 7.25. The van der Waals surface area contributed by atoms with Crippen molar-refractivity contribution >= 4 is 29.0 Å². The van der Waals surface area contributed by atoms with Crippen LogP contribution in [0.3, 0.4) is 0 Å². The molecule has 2 heterocycles. The van der Waals surface area contributed by atoms with Gasteiger partial charge in [0.05, 0.1) is 18.4 Å². The molecule has 0 aliphatic carbocycles. The molecule has 0 unspecified atom stereocenters. The Balaban J connectivity index is 1.79. The van der Waals surface area contributed by atoms with Crippen molar-refractivity contribution in [2.75, 3.05) is 0 Å². The van der Waals surface area contributed by atoms with E-state index in [-0.39, 0.29) is 11.4 Å². The molecule has 7 heteroatoms. The van der Waals surface area contributed by atoms with E-state index in [0.29, 0.717) is 17.7 Å². The average molecular weight is 405 g/mol. The van der Waals surface area contributed by atoms with Crippen LogP contribution in [0.2, 0.25) is 0 Å². The first-order valence-corrected chi connectivity index (χ1v) is 9.67. The monoisotopic (exact) mass is 405 g/mol. The van der Waals surface area contributed by atoms with Gasteiger partial charge in [0.25, 0.3) is 0 Å². The van der Waals surface area contributed by atoms with Crippen LogP contribution < -0.4 is 0 Å². The van der Waals surface area contributed by atoms with Crippen molar-refractivity contribution in [2.24, 2.45) is 0 Å². The molecule has 0 saturated carbocycles. The number of rotatable bonds is 6. The first-order valence-electron chi connectivity index (χ1n) is 8.79. The molecule has 4 aromatic rings. The lowest BCUT2D eigenvalue weighted by molar-refractivity contribution is 0.0697. The molecular weight excluding hydrogens is 389 g/mol. The summed E-state index contributed by atoms with van der Waals surface area (Å²) in [5.41, 5.74) is 3.15. The van der Waals surface area contributed by atoms with Gasteiger partial charge in [-0.05, 0) is 47.0 Å². The summed E-state index contributed by atoms with van der Waals surface area (Å²) in [7, 11) is 0. The van der Waals surface area contributed by atoms with Crippen LogP contribution in [0.15, 0.2) is 72.8 Å². The summed E-state index contributed by atoms with van der Waals surface area (Å²) >= 11 is 1.53. The molecule has 0 spiro atoms. The molecule has 0 saturated heterocycles. The predicted molar refractivity (Wildman–Crippen MR) is 111 cm³/mol. The van der Waals surface area contributed by atoms with E-state index in [1.165, 1.54) is 23.5 Å². The lowest BCUT2D eigenvalue weighted by Gasteiger charge is -2.10. The maximum absolute atomic E-state index is 13.3. The third-order valence-electron chi connectivity index (χ3n) is 4.39. The molecule has 29 heavy (non-hydrogen) atoms. The van der Waals surface area contributed by atoms with E-state index in [4.69, 9.17) is 0 Å². The molecule has 0 aliphatic rings. The van der Waals surface area contributed by atoms with Crippen molar-refractivity contribution in [3.8, 4) is 11.1 Å². The van der Waals surface area contributed by atoms with E-state index in [1.807, 2.05) is 22.2 Å². The van der Waals surface area contributed by atoms with E-state index >= 15 is 0 Å². The van der Waals surface area contributed by atoms with Crippen LogP contribution in [0.1, 0.15) is 20.9 Å². The largest absolute Gasteiger partial charge is 0.478 e. The quantitative estimate of drug-likeness (QED) is 0.485. The second-order valence-electron chi connectivity index (χ2n) is 6.36. The van der Waals surface area contributed by atoms with Gasteiger partial charge in [0, 0.05) is 29.5 Å². The lowest BCUT2D eigenvalue weighted by atomic mass is 9.96. The summed E-state index contributed by atoms with van der Waals surface area (Å²) in [6, 6.07) is 10.9. The zero-order chi connectivity index (χ0) is 20.2. The maximum atomic E-state index is 13.3. The molecule has 0 fully saturated rings. The predicted octanol–water partition coefficient (Wildman–Crippen LogP) is 5.08. The molecule has 0 radical (unpaired) electrons. The first-order chi connectivity index (χ1) is 14.1. The number of benzene rings is 2. The summed E-state index contributed by atoms with van der Waals surface area (Å²) in [5, 5.41) is 12.4. The fourth-order valence-electron chi connectivity index (χ4n) is 3.04. The van der Waals surface area contributed by atoms with Gasteiger partial charge in [-0.3, -0.25) is 0 Å². The minimum Gasteiger partial charge on any atom is -0.478 e. The van der Waals surface area contributed by atoms with Crippen LogP contribution in [-0.2, 0) is 6.54 Å². The zero-order valence-electron chi connectivity index (χ0n) is 15.2. The minimum absolute atomic E-state index is 0.166.